The molecule has 1 amide bonds. The van der Waals surface area contributed by atoms with E-state index in [0.717, 1.165) is 18.3 Å². The van der Waals surface area contributed by atoms with Gasteiger partial charge in [0, 0.05) is 16.1 Å². The molecule has 0 radical (unpaired) electrons. The minimum atomic E-state index is -0.399. The van der Waals surface area contributed by atoms with E-state index in [2.05, 4.69) is 9.97 Å². The van der Waals surface area contributed by atoms with Crippen LogP contribution in [0, 0.1) is 0 Å². The van der Waals surface area contributed by atoms with Crippen LogP contribution in [-0.4, -0.2) is 47.3 Å². The van der Waals surface area contributed by atoms with Gasteiger partial charge in [-0.25, -0.2) is 14.8 Å². The molecule has 0 unspecified atom stereocenters. The van der Waals surface area contributed by atoms with Crippen molar-refractivity contribution < 1.29 is 14.3 Å². The zero-order chi connectivity index (χ0) is 20.3. The standard InChI is InChI=1S/C18H21BCl2N4O3/c1-3-27-18(26)25-8-11-14(9-25)23-17(22)24-16(11)10-6-15(28-5-4-20)12(19-2)7-13(10)21/h6-7,19H,3-5,8-9H2,1-2H3,(H2,22,23,24). The molecule has 0 saturated carbocycles. The van der Waals surface area contributed by atoms with Gasteiger partial charge in [0.1, 0.15) is 12.4 Å². The van der Waals surface area contributed by atoms with E-state index >= 15 is 0 Å². The summed E-state index contributed by atoms with van der Waals surface area (Å²) in [6.45, 7) is 5.12. The van der Waals surface area contributed by atoms with E-state index in [0.29, 0.717) is 59.9 Å². The summed E-state index contributed by atoms with van der Waals surface area (Å²) in [6.07, 6.45) is -0.399. The summed E-state index contributed by atoms with van der Waals surface area (Å²) in [5.41, 5.74) is 9.67. The van der Waals surface area contributed by atoms with Gasteiger partial charge in [0.15, 0.2) is 7.28 Å². The van der Waals surface area contributed by atoms with E-state index in [1.54, 1.807) is 11.8 Å². The third-order valence-corrected chi connectivity index (χ3v) is 4.91. The van der Waals surface area contributed by atoms with Crippen LogP contribution in [0.2, 0.25) is 11.8 Å². The van der Waals surface area contributed by atoms with Gasteiger partial charge in [-0.05, 0) is 24.5 Å². The van der Waals surface area contributed by atoms with Crippen molar-refractivity contribution >= 4 is 48.0 Å². The van der Waals surface area contributed by atoms with Crippen molar-refractivity contribution in [2.24, 2.45) is 0 Å². The lowest BCUT2D eigenvalue weighted by molar-refractivity contribution is 0.106. The number of benzene rings is 1. The molecule has 1 aliphatic rings. The highest BCUT2D eigenvalue weighted by Crippen LogP contribution is 2.36. The number of rotatable bonds is 6. The van der Waals surface area contributed by atoms with Gasteiger partial charge in [-0.2, -0.15) is 0 Å². The van der Waals surface area contributed by atoms with Gasteiger partial charge in [-0.1, -0.05) is 18.4 Å². The van der Waals surface area contributed by atoms with Crippen LogP contribution in [-0.2, 0) is 17.8 Å². The van der Waals surface area contributed by atoms with Crippen molar-refractivity contribution in [2.75, 3.05) is 24.8 Å². The average Bonchev–Trinajstić information content (AvgIpc) is 3.10. The molecule has 0 atom stereocenters. The Morgan fingerprint density at radius 2 is 2.14 bits per heavy atom. The molecule has 7 nitrogen and oxygen atoms in total. The summed E-state index contributed by atoms with van der Waals surface area (Å²) in [7, 11) is 0.762. The Morgan fingerprint density at radius 1 is 1.36 bits per heavy atom. The SMILES string of the molecule is CBc1cc(Cl)c(-c2nc(N)nc3c2CN(C(=O)OCC)C3)cc1OCCCl. The molecule has 0 fully saturated rings. The summed E-state index contributed by atoms with van der Waals surface area (Å²) < 4.78 is 10.9. The summed E-state index contributed by atoms with van der Waals surface area (Å²) in [5, 5.41) is 0.532. The van der Waals surface area contributed by atoms with Crippen molar-refractivity contribution in [1.29, 1.82) is 0 Å². The van der Waals surface area contributed by atoms with Crippen LogP contribution < -0.4 is 15.9 Å². The van der Waals surface area contributed by atoms with Gasteiger partial charge >= 0.3 is 6.09 Å². The van der Waals surface area contributed by atoms with Crippen LogP contribution in [0.25, 0.3) is 11.3 Å². The molecular formula is C18H21BCl2N4O3. The highest BCUT2D eigenvalue weighted by atomic mass is 35.5. The molecule has 1 aromatic carbocycles. The Kier molecular flexibility index (Phi) is 6.51. The number of aromatic nitrogens is 2. The molecule has 2 heterocycles. The number of hydrogen-bond donors (Lipinski definition) is 1. The number of nitrogen functional groups attached to an aromatic ring is 1. The van der Waals surface area contributed by atoms with E-state index in [9.17, 15) is 4.79 Å². The molecule has 0 aliphatic carbocycles. The second-order valence-corrected chi connectivity index (χ2v) is 7.03. The Balaban J connectivity index is 2.05. The fraction of sp³-hybridized carbons (Fsp3) is 0.389. The molecule has 2 aromatic rings. The van der Waals surface area contributed by atoms with Crippen LogP contribution >= 0.6 is 23.2 Å². The largest absolute Gasteiger partial charge is 0.493 e. The Bertz CT molecular complexity index is 898. The first kappa shape index (κ1) is 20.5. The summed E-state index contributed by atoms with van der Waals surface area (Å²) >= 11 is 12.3. The van der Waals surface area contributed by atoms with Crippen molar-refractivity contribution in [1.82, 2.24) is 14.9 Å². The summed E-state index contributed by atoms with van der Waals surface area (Å²) in [5.74, 6) is 1.21. The topological polar surface area (TPSA) is 90.6 Å². The number of carbonyl (C=O) groups is 1. The minimum Gasteiger partial charge on any atom is -0.493 e. The predicted octanol–water partition coefficient (Wildman–Crippen LogP) is 2.58. The van der Waals surface area contributed by atoms with Crippen molar-refractivity contribution in [2.45, 2.75) is 26.8 Å². The zero-order valence-electron chi connectivity index (χ0n) is 15.8. The van der Waals surface area contributed by atoms with Gasteiger partial charge in [-0.3, -0.25) is 4.90 Å². The highest BCUT2D eigenvalue weighted by Gasteiger charge is 2.30. The second-order valence-electron chi connectivity index (χ2n) is 6.24. The van der Waals surface area contributed by atoms with Crippen LogP contribution in [0.3, 0.4) is 0 Å². The maximum absolute atomic E-state index is 12.1. The molecule has 10 heteroatoms. The van der Waals surface area contributed by atoms with Crippen LogP contribution in [0.4, 0.5) is 10.7 Å². The van der Waals surface area contributed by atoms with Crippen molar-refractivity contribution in [3.05, 3.63) is 28.4 Å². The number of anilines is 1. The molecule has 0 spiro atoms. The van der Waals surface area contributed by atoms with Gasteiger partial charge in [0.05, 0.1) is 37.0 Å². The number of alkyl halides is 1. The van der Waals surface area contributed by atoms with Gasteiger partial charge in [0.25, 0.3) is 0 Å². The van der Waals surface area contributed by atoms with E-state index < -0.39 is 6.09 Å². The predicted molar refractivity (Wildman–Crippen MR) is 112 cm³/mol. The first-order chi connectivity index (χ1) is 13.5. The minimum absolute atomic E-state index is 0.123. The number of hydrogen-bond acceptors (Lipinski definition) is 6. The fourth-order valence-electron chi connectivity index (χ4n) is 3.18. The Labute approximate surface area is 174 Å². The molecule has 0 saturated heterocycles. The van der Waals surface area contributed by atoms with Crippen molar-refractivity contribution in [3.63, 3.8) is 0 Å². The zero-order valence-corrected chi connectivity index (χ0v) is 17.3. The molecular weight excluding hydrogens is 402 g/mol. The number of ether oxygens (including phenoxy) is 2. The Hall–Kier alpha value is -2.19. The average molecular weight is 423 g/mol. The molecule has 0 bridgehead atoms. The first-order valence-electron chi connectivity index (χ1n) is 9.06. The maximum Gasteiger partial charge on any atom is 0.410 e. The summed E-state index contributed by atoms with van der Waals surface area (Å²) in [4.78, 5) is 22.4. The number of fused-ring (bicyclic) bond motifs is 1. The van der Waals surface area contributed by atoms with Crippen LogP contribution in [0.1, 0.15) is 18.2 Å². The van der Waals surface area contributed by atoms with Gasteiger partial charge < -0.3 is 15.2 Å². The smallest absolute Gasteiger partial charge is 0.410 e. The second kappa shape index (κ2) is 8.88. The molecule has 2 N–H and O–H groups in total. The molecule has 148 valence electrons. The third-order valence-electron chi connectivity index (χ3n) is 4.45. The van der Waals surface area contributed by atoms with Gasteiger partial charge in [0.2, 0.25) is 5.95 Å². The lowest BCUT2D eigenvalue weighted by Gasteiger charge is -2.16. The van der Waals surface area contributed by atoms with E-state index in [1.165, 1.54) is 0 Å². The van der Waals surface area contributed by atoms with Crippen LogP contribution in [0.5, 0.6) is 5.75 Å². The normalized spacial score (nSPS) is 12.6. The fourth-order valence-corrected chi connectivity index (χ4v) is 3.53. The number of halogens is 2. The van der Waals surface area contributed by atoms with E-state index in [-0.39, 0.29) is 5.95 Å². The maximum atomic E-state index is 12.1. The van der Waals surface area contributed by atoms with Crippen LogP contribution in [0.15, 0.2) is 12.1 Å². The highest BCUT2D eigenvalue weighted by molar-refractivity contribution is 6.54. The quantitative estimate of drug-likeness (QED) is 0.568. The lowest BCUT2D eigenvalue weighted by Crippen LogP contribution is -2.26. The lowest BCUT2D eigenvalue weighted by atomic mass is 9.72. The third kappa shape index (κ3) is 4.13. The molecule has 1 aromatic heterocycles. The van der Waals surface area contributed by atoms with E-state index in [1.807, 2.05) is 19.0 Å². The number of amides is 1. The molecule has 1 aliphatic heterocycles. The monoisotopic (exact) mass is 422 g/mol. The first-order valence-corrected chi connectivity index (χ1v) is 9.98. The number of nitrogens with two attached hydrogens (primary N) is 1. The number of nitrogens with zero attached hydrogens (tertiary/aromatic N) is 3. The number of carbonyl (C=O) groups excluding carboxylic acids is 1. The molecule has 3 rings (SSSR count). The van der Waals surface area contributed by atoms with E-state index in [4.69, 9.17) is 38.4 Å². The molecule has 28 heavy (non-hydrogen) atoms. The van der Waals surface area contributed by atoms with Gasteiger partial charge in [-0.15, -0.1) is 11.6 Å². The summed E-state index contributed by atoms with van der Waals surface area (Å²) in [6, 6.07) is 3.71. The Morgan fingerprint density at radius 3 is 2.82 bits per heavy atom. The van der Waals surface area contributed by atoms with Crippen molar-refractivity contribution in [3.8, 4) is 17.0 Å².